The summed E-state index contributed by atoms with van der Waals surface area (Å²) in [5, 5.41) is 0. The molecule has 5 heteroatoms. The lowest BCUT2D eigenvalue weighted by molar-refractivity contribution is 0.581. The van der Waals surface area contributed by atoms with Crippen LogP contribution in [0, 0.1) is 6.92 Å². The molecule has 0 unspecified atom stereocenters. The molecule has 17 heavy (non-hydrogen) atoms. The normalized spacial score (nSPS) is 11.2. The summed E-state index contributed by atoms with van der Waals surface area (Å²) in [6, 6.07) is 5.67. The Morgan fingerprint density at radius 1 is 1.47 bits per heavy atom. The maximum atomic E-state index is 6.09. The molecule has 0 saturated carbocycles. The molecule has 0 spiro atoms. The highest BCUT2D eigenvalue weighted by molar-refractivity contribution is 9.10. The first-order valence-corrected chi connectivity index (χ1v) is 5.93. The number of hydrogen-bond acceptors (Lipinski definition) is 3. The van der Waals surface area contributed by atoms with Gasteiger partial charge in [0.05, 0.1) is 10.7 Å². The lowest BCUT2D eigenvalue weighted by atomic mass is 10.3. The van der Waals surface area contributed by atoms with Gasteiger partial charge in [-0.3, -0.25) is 4.40 Å². The molecule has 0 aliphatic rings. The van der Waals surface area contributed by atoms with Crippen LogP contribution in [0.3, 0.4) is 0 Å². The molecule has 0 radical (unpaired) electrons. The molecular formula is C12H10BrN3O. The van der Waals surface area contributed by atoms with Crippen LogP contribution in [0.25, 0.3) is 17.1 Å². The summed E-state index contributed by atoms with van der Waals surface area (Å²) in [5.74, 6) is 1.26. The first-order valence-electron chi connectivity index (χ1n) is 5.14. The summed E-state index contributed by atoms with van der Waals surface area (Å²) in [4.78, 5) is 4.49. The van der Waals surface area contributed by atoms with E-state index >= 15 is 0 Å². The number of nitrogens with two attached hydrogens (primary N) is 1. The molecule has 0 atom stereocenters. The second-order valence-electron chi connectivity index (χ2n) is 3.88. The number of nitrogens with zero attached hydrogens (tertiary/aromatic N) is 2. The van der Waals surface area contributed by atoms with Crippen LogP contribution in [0.5, 0.6) is 0 Å². The van der Waals surface area contributed by atoms with Crippen molar-refractivity contribution in [2.75, 3.05) is 5.73 Å². The third-order valence-electron chi connectivity index (χ3n) is 2.60. The average molecular weight is 292 g/mol. The number of halogens is 1. The monoisotopic (exact) mass is 291 g/mol. The summed E-state index contributed by atoms with van der Waals surface area (Å²) in [6.07, 6.45) is 3.56. The Balaban J connectivity index is 2.36. The van der Waals surface area contributed by atoms with Crippen molar-refractivity contribution in [1.29, 1.82) is 0 Å². The molecule has 0 saturated heterocycles. The Morgan fingerprint density at radius 3 is 3.00 bits per heavy atom. The van der Waals surface area contributed by atoms with Crippen molar-refractivity contribution in [3.63, 3.8) is 0 Å². The van der Waals surface area contributed by atoms with E-state index in [1.54, 1.807) is 6.26 Å². The number of imidazole rings is 1. The zero-order chi connectivity index (χ0) is 12.0. The molecule has 86 valence electrons. The minimum Gasteiger partial charge on any atom is -0.463 e. The maximum Gasteiger partial charge on any atom is 0.156 e. The van der Waals surface area contributed by atoms with E-state index in [9.17, 15) is 0 Å². The van der Waals surface area contributed by atoms with Crippen LogP contribution in [0.2, 0.25) is 0 Å². The van der Waals surface area contributed by atoms with Gasteiger partial charge >= 0.3 is 0 Å². The SMILES string of the molecule is Cc1cc(Br)c2nc(-c3ccco3)c(N)n2c1. The van der Waals surface area contributed by atoms with Crippen LogP contribution in [0.4, 0.5) is 5.82 Å². The van der Waals surface area contributed by atoms with Gasteiger partial charge in [0.1, 0.15) is 11.5 Å². The second kappa shape index (κ2) is 3.63. The van der Waals surface area contributed by atoms with Gasteiger partial charge in [0.2, 0.25) is 0 Å². The number of pyridine rings is 1. The Bertz CT molecular complexity index is 685. The summed E-state index contributed by atoms with van der Waals surface area (Å²) in [5.41, 5.74) is 8.66. The predicted molar refractivity (Wildman–Crippen MR) is 69.7 cm³/mol. The smallest absolute Gasteiger partial charge is 0.156 e. The molecule has 3 aromatic rings. The van der Waals surface area contributed by atoms with E-state index in [4.69, 9.17) is 10.2 Å². The highest BCUT2D eigenvalue weighted by atomic mass is 79.9. The molecule has 4 nitrogen and oxygen atoms in total. The summed E-state index contributed by atoms with van der Waals surface area (Å²) < 4.78 is 8.11. The topological polar surface area (TPSA) is 56.5 Å². The molecule has 0 fully saturated rings. The second-order valence-corrected chi connectivity index (χ2v) is 4.74. The zero-order valence-corrected chi connectivity index (χ0v) is 10.7. The maximum absolute atomic E-state index is 6.09. The fourth-order valence-electron chi connectivity index (χ4n) is 1.84. The van der Waals surface area contributed by atoms with Crippen LogP contribution in [-0.2, 0) is 0 Å². The van der Waals surface area contributed by atoms with E-state index < -0.39 is 0 Å². The van der Waals surface area contributed by atoms with Crippen molar-refractivity contribution >= 4 is 27.4 Å². The Hall–Kier alpha value is -1.75. The van der Waals surface area contributed by atoms with E-state index in [0.29, 0.717) is 17.3 Å². The molecule has 3 rings (SSSR count). The highest BCUT2D eigenvalue weighted by Crippen LogP contribution is 2.30. The largest absolute Gasteiger partial charge is 0.463 e. The van der Waals surface area contributed by atoms with Gasteiger partial charge in [0.15, 0.2) is 11.4 Å². The summed E-state index contributed by atoms with van der Waals surface area (Å²) >= 11 is 3.49. The standard InChI is InChI=1S/C12H10BrN3O/c1-7-5-8(13)12-15-10(9-3-2-4-17-9)11(14)16(12)6-7/h2-6H,14H2,1H3. The molecule has 0 aliphatic heterocycles. The minimum atomic E-state index is 0.583. The van der Waals surface area contributed by atoms with Gasteiger partial charge in [-0.15, -0.1) is 0 Å². The molecular weight excluding hydrogens is 282 g/mol. The predicted octanol–water partition coefficient (Wildman–Crippen LogP) is 3.25. The van der Waals surface area contributed by atoms with Gasteiger partial charge in [-0.05, 0) is 46.6 Å². The fourth-order valence-corrected chi connectivity index (χ4v) is 2.49. The van der Waals surface area contributed by atoms with E-state index in [1.165, 1.54) is 0 Å². The first-order chi connectivity index (χ1) is 8.16. The van der Waals surface area contributed by atoms with Gasteiger partial charge in [-0.1, -0.05) is 0 Å². The number of furan rings is 1. The molecule has 0 bridgehead atoms. The van der Waals surface area contributed by atoms with E-state index in [1.807, 2.05) is 35.7 Å². The number of fused-ring (bicyclic) bond motifs is 1. The first kappa shape index (κ1) is 10.4. The van der Waals surface area contributed by atoms with Crippen LogP contribution in [0.1, 0.15) is 5.56 Å². The summed E-state index contributed by atoms with van der Waals surface area (Å²) in [7, 11) is 0. The molecule has 0 aliphatic carbocycles. The number of hydrogen-bond donors (Lipinski definition) is 1. The van der Waals surface area contributed by atoms with E-state index in [0.717, 1.165) is 15.7 Å². The number of rotatable bonds is 1. The van der Waals surface area contributed by atoms with Gasteiger partial charge in [0, 0.05) is 6.20 Å². The van der Waals surface area contributed by atoms with Crippen molar-refractivity contribution in [1.82, 2.24) is 9.38 Å². The van der Waals surface area contributed by atoms with Crippen molar-refractivity contribution in [2.24, 2.45) is 0 Å². The lowest BCUT2D eigenvalue weighted by Crippen LogP contribution is -1.94. The van der Waals surface area contributed by atoms with Gasteiger partial charge in [-0.2, -0.15) is 0 Å². The minimum absolute atomic E-state index is 0.583. The van der Waals surface area contributed by atoms with Gasteiger partial charge in [-0.25, -0.2) is 4.98 Å². The average Bonchev–Trinajstić information content (AvgIpc) is 2.87. The quantitative estimate of drug-likeness (QED) is 0.749. The van der Waals surface area contributed by atoms with Gasteiger partial charge in [0.25, 0.3) is 0 Å². The molecule has 3 heterocycles. The Kier molecular flexibility index (Phi) is 2.22. The molecule has 2 N–H and O–H groups in total. The van der Waals surface area contributed by atoms with Crippen LogP contribution >= 0.6 is 15.9 Å². The van der Waals surface area contributed by atoms with Crippen molar-refractivity contribution in [3.8, 4) is 11.5 Å². The molecule has 3 aromatic heterocycles. The van der Waals surface area contributed by atoms with Gasteiger partial charge < -0.3 is 10.2 Å². The Morgan fingerprint density at radius 2 is 2.29 bits per heavy atom. The lowest BCUT2D eigenvalue weighted by Gasteiger charge is -2.00. The third-order valence-corrected chi connectivity index (χ3v) is 3.19. The van der Waals surface area contributed by atoms with E-state index in [2.05, 4.69) is 20.9 Å². The number of aromatic nitrogens is 2. The van der Waals surface area contributed by atoms with Crippen LogP contribution in [-0.4, -0.2) is 9.38 Å². The van der Waals surface area contributed by atoms with Crippen LogP contribution in [0.15, 0.2) is 39.5 Å². The number of nitrogen functional groups attached to an aromatic ring is 1. The molecule has 0 amide bonds. The Labute approximate surface area is 106 Å². The van der Waals surface area contributed by atoms with Crippen molar-refractivity contribution in [3.05, 3.63) is 40.7 Å². The highest BCUT2D eigenvalue weighted by Gasteiger charge is 2.15. The zero-order valence-electron chi connectivity index (χ0n) is 9.14. The van der Waals surface area contributed by atoms with Crippen molar-refractivity contribution < 1.29 is 4.42 Å². The number of anilines is 1. The number of aryl methyl sites for hydroxylation is 1. The third kappa shape index (κ3) is 1.54. The fraction of sp³-hybridized carbons (Fsp3) is 0.0833. The van der Waals surface area contributed by atoms with E-state index in [-0.39, 0.29) is 0 Å². The van der Waals surface area contributed by atoms with Crippen LogP contribution < -0.4 is 5.73 Å². The summed E-state index contributed by atoms with van der Waals surface area (Å²) in [6.45, 7) is 2.01. The van der Waals surface area contributed by atoms with Crippen molar-refractivity contribution in [2.45, 2.75) is 6.92 Å². The molecule has 0 aromatic carbocycles.